The van der Waals surface area contributed by atoms with Crippen molar-refractivity contribution in [1.29, 1.82) is 0 Å². The highest BCUT2D eigenvalue weighted by Crippen LogP contribution is 2.21. The van der Waals surface area contributed by atoms with E-state index in [1.807, 2.05) is 6.08 Å². The summed E-state index contributed by atoms with van der Waals surface area (Å²) in [6.07, 6.45) is 5.54. The molecule has 1 N–H and O–H groups in total. The summed E-state index contributed by atoms with van der Waals surface area (Å²) in [5.74, 6) is 0.147. The Morgan fingerprint density at radius 3 is 3.00 bits per heavy atom. The monoisotopic (exact) mass is 181 g/mol. The smallest absolute Gasteiger partial charge is 0.249 e. The molecule has 0 spiro atoms. The van der Waals surface area contributed by atoms with Gasteiger partial charge in [0.2, 0.25) is 5.91 Å². The minimum absolute atomic E-state index is 0.147. The van der Waals surface area contributed by atoms with E-state index in [2.05, 4.69) is 0 Å². The second-order valence-corrected chi connectivity index (χ2v) is 3.82. The van der Waals surface area contributed by atoms with E-state index < -0.39 is 0 Å². The number of β-amino-alcohol motifs (C(OH)–C–C–N with tert-alkyl or cyclic N) is 1. The quantitative estimate of drug-likeness (QED) is 0.646. The number of aliphatic hydroxyl groups is 1. The van der Waals surface area contributed by atoms with E-state index in [0.29, 0.717) is 6.54 Å². The fourth-order valence-electron chi connectivity index (χ4n) is 1.99. The molecule has 2 aliphatic rings. The van der Waals surface area contributed by atoms with E-state index in [0.717, 1.165) is 37.8 Å². The molecule has 0 aromatic heterocycles. The lowest BCUT2D eigenvalue weighted by molar-refractivity contribution is -0.126. The van der Waals surface area contributed by atoms with Gasteiger partial charge in [0.1, 0.15) is 0 Å². The van der Waals surface area contributed by atoms with Gasteiger partial charge in [-0.3, -0.25) is 4.79 Å². The van der Waals surface area contributed by atoms with Crippen LogP contribution in [0.3, 0.4) is 0 Å². The summed E-state index contributed by atoms with van der Waals surface area (Å²) in [6.45, 7) is 1.24. The highest BCUT2D eigenvalue weighted by atomic mass is 16.3. The van der Waals surface area contributed by atoms with Crippen LogP contribution < -0.4 is 0 Å². The van der Waals surface area contributed by atoms with E-state index in [1.54, 1.807) is 4.90 Å². The van der Waals surface area contributed by atoms with Gasteiger partial charge >= 0.3 is 0 Å². The average molecular weight is 181 g/mol. The lowest BCUT2D eigenvalue weighted by atomic mass is 10.2. The largest absolute Gasteiger partial charge is 0.391 e. The molecule has 1 aliphatic carbocycles. The molecule has 1 aliphatic heterocycles. The first-order valence-electron chi connectivity index (χ1n) is 4.94. The van der Waals surface area contributed by atoms with Crippen LogP contribution in [0.2, 0.25) is 0 Å². The number of rotatable bonds is 1. The predicted molar refractivity (Wildman–Crippen MR) is 49.1 cm³/mol. The van der Waals surface area contributed by atoms with Crippen molar-refractivity contribution in [2.24, 2.45) is 0 Å². The van der Waals surface area contributed by atoms with Gasteiger partial charge in [-0.25, -0.2) is 0 Å². The van der Waals surface area contributed by atoms with Crippen LogP contribution >= 0.6 is 0 Å². The van der Waals surface area contributed by atoms with Gasteiger partial charge < -0.3 is 10.0 Å². The molecular formula is C10H15NO2. The van der Waals surface area contributed by atoms with Crippen LogP contribution in [0.25, 0.3) is 0 Å². The van der Waals surface area contributed by atoms with Gasteiger partial charge in [0, 0.05) is 18.7 Å². The van der Waals surface area contributed by atoms with E-state index in [4.69, 9.17) is 0 Å². The molecule has 0 aromatic rings. The molecular weight excluding hydrogens is 166 g/mol. The number of amides is 1. The zero-order valence-electron chi connectivity index (χ0n) is 7.70. The van der Waals surface area contributed by atoms with Gasteiger partial charge in [0.15, 0.2) is 0 Å². The van der Waals surface area contributed by atoms with Gasteiger partial charge in [0.05, 0.1) is 6.10 Å². The van der Waals surface area contributed by atoms with E-state index in [9.17, 15) is 9.90 Å². The van der Waals surface area contributed by atoms with Crippen LogP contribution in [0.4, 0.5) is 0 Å². The Hall–Kier alpha value is -0.830. The van der Waals surface area contributed by atoms with Gasteiger partial charge in [-0.1, -0.05) is 6.08 Å². The Bertz CT molecular complexity index is 247. The Balaban J connectivity index is 1.97. The molecule has 0 radical (unpaired) electrons. The minimum Gasteiger partial charge on any atom is -0.391 e. The molecule has 2 rings (SSSR count). The Kier molecular flexibility index (Phi) is 2.36. The molecule has 0 bridgehead atoms. The third kappa shape index (κ3) is 1.75. The van der Waals surface area contributed by atoms with Crippen molar-refractivity contribution in [3.63, 3.8) is 0 Å². The predicted octanol–water partition coefficient (Wildman–Crippen LogP) is 0.690. The number of aliphatic hydroxyl groups excluding tert-OH is 1. The molecule has 1 saturated heterocycles. The number of carbonyl (C=O) groups is 1. The maximum absolute atomic E-state index is 11.7. The van der Waals surface area contributed by atoms with Gasteiger partial charge in [-0.15, -0.1) is 0 Å². The fourth-order valence-corrected chi connectivity index (χ4v) is 1.99. The molecule has 3 nitrogen and oxygen atoms in total. The molecule has 13 heavy (non-hydrogen) atoms. The second-order valence-electron chi connectivity index (χ2n) is 3.82. The molecule has 1 atom stereocenters. The van der Waals surface area contributed by atoms with Crippen molar-refractivity contribution in [3.05, 3.63) is 11.6 Å². The standard InChI is InChI=1S/C10H15NO2/c12-9-5-6-11(7-9)10(13)8-3-1-2-4-8/h3,9,12H,1-2,4-7H2/t9-/m1/s1. The number of hydrogen-bond acceptors (Lipinski definition) is 2. The zero-order chi connectivity index (χ0) is 9.26. The topological polar surface area (TPSA) is 40.5 Å². The molecule has 0 saturated carbocycles. The Morgan fingerprint density at radius 2 is 2.46 bits per heavy atom. The van der Waals surface area contributed by atoms with E-state index in [1.165, 1.54) is 0 Å². The number of carbonyl (C=O) groups excluding carboxylic acids is 1. The molecule has 1 fully saturated rings. The van der Waals surface area contributed by atoms with Crippen LogP contribution in [0.5, 0.6) is 0 Å². The number of allylic oxidation sites excluding steroid dienone is 1. The minimum atomic E-state index is -0.300. The summed E-state index contributed by atoms with van der Waals surface area (Å²) < 4.78 is 0. The lowest BCUT2D eigenvalue weighted by Crippen LogP contribution is -2.30. The normalized spacial score (nSPS) is 27.9. The van der Waals surface area contributed by atoms with Crippen LogP contribution in [-0.2, 0) is 4.79 Å². The molecule has 1 heterocycles. The summed E-state index contributed by atoms with van der Waals surface area (Å²) in [7, 11) is 0. The number of nitrogens with zero attached hydrogens (tertiary/aromatic N) is 1. The van der Waals surface area contributed by atoms with Gasteiger partial charge in [0.25, 0.3) is 0 Å². The zero-order valence-corrected chi connectivity index (χ0v) is 7.70. The Morgan fingerprint density at radius 1 is 1.62 bits per heavy atom. The highest BCUT2D eigenvalue weighted by Gasteiger charge is 2.27. The van der Waals surface area contributed by atoms with Crippen LogP contribution in [0, 0.1) is 0 Å². The molecule has 0 unspecified atom stereocenters. The first kappa shape index (κ1) is 8.75. The first-order chi connectivity index (χ1) is 6.27. The summed E-state index contributed by atoms with van der Waals surface area (Å²) in [6, 6.07) is 0. The first-order valence-corrected chi connectivity index (χ1v) is 4.94. The Labute approximate surface area is 78.0 Å². The van der Waals surface area contributed by atoms with E-state index in [-0.39, 0.29) is 12.0 Å². The maximum Gasteiger partial charge on any atom is 0.249 e. The average Bonchev–Trinajstić information content (AvgIpc) is 2.72. The summed E-state index contributed by atoms with van der Waals surface area (Å²) in [5.41, 5.74) is 0.953. The molecule has 1 amide bonds. The van der Waals surface area contributed by atoms with Crippen molar-refractivity contribution in [2.75, 3.05) is 13.1 Å². The maximum atomic E-state index is 11.7. The second kappa shape index (κ2) is 3.50. The molecule has 72 valence electrons. The highest BCUT2D eigenvalue weighted by molar-refractivity contribution is 5.94. The molecule has 0 aromatic carbocycles. The van der Waals surface area contributed by atoms with Crippen molar-refractivity contribution >= 4 is 5.91 Å². The molecule has 3 heteroatoms. The summed E-state index contributed by atoms with van der Waals surface area (Å²) in [5, 5.41) is 9.28. The van der Waals surface area contributed by atoms with Crippen molar-refractivity contribution in [2.45, 2.75) is 31.8 Å². The van der Waals surface area contributed by atoms with Crippen molar-refractivity contribution < 1.29 is 9.90 Å². The van der Waals surface area contributed by atoms with Gasteiger partial charge in [-0.2, -0.15) is 0 Å². The SMILES string of the molecule is O=C(C1=CCCC1)N1CC[C@@H](O)C1. The number of hydrogen-bond donors (Lipinski definition) is 1. The third-order valence-electron chi connectivity index (χ3n) is 2.77. The van der Waals surface area contributed by atoms with E-state index >= 15 is 0 Å². The van der Waals surface area contributed by atoms with Crippen LogP contribution in [0.1, 0.15) is 25.7 Å². The van der Waals surface area contributed by atoms with Crippen molar-refractivity contribution in [1.82, 2.24) is 4.90 Å². The fraction of sp³-hybridized carbons (Fsp3) is 0.700. The van der Waals surface area contributed by atoms with Gasteiger partial charge in [-0.05, 0) is 25.7 Å². The summed E-state index contributed by atoms with van der Waals surface area (Å²) >= 11 is 0. The lowest BCUT2D eigenvalue weighted by Gasteiger charge is -2.15. The van der Waals surface area contributed by atoms with Crippen LogP contribution in [-0.4, -0.2) is 35.1 Å². The van der Waals surface area contributed by atoms with Crippen LogP contribution in [0.15, 0.2) is 11.6 Å². The summed E-state index contributed by atoms with van der Waals surface area (Å²) in [4.78, 5) is 13.5. The van der Waals surface area contributed by atoms with Crippen molar-refractivity contribution in [3.8, 4) is 0 Å². The number of likely N-dealkylation sites (tertiary alicyclic amines) is 1. The third-order valence-corrected chi connectivity index (χ3v) is 2.77.